The molecule has 0 heterocycles. The largest absolute Gasteiger partial charge is 0.467 e. The number of urea groups is 1. The van der Waals surface area contributed by atoms with Crippen molar-refractivity contribution in [1.29, 1.82) is 0 Å². The van der Waals surface area contributed by atoms with Gasteiger partial charge in [-0.2, -0.15) is 0 Å². The molecule has 25 heavy (non-hydrogen) atoms. The van der Waals surface area contributed by atoms with E-state index < -0.39 is 35.4 Å². The Labute approximate surface area is 147 Å². The first-order valence-electron chi connectivity index (χ1n) is 7.89. The topological polar surface area (TPSA) is 123 Å². The molecule has 0 saturated carbocycles. The summed E-state index contributed by atoms with van der Waals surface area (Å²) in [5, 5.41) is 7.65. The number of nitrogens with two attached hydrogens (primary N) is 1. The van der Waals surface area contributed by atoms with Crippen molar-refractivity contribution in [2.75, 3.05) is 19.0 Å². The Balaban J connectivity index is 2.63. The molecule has 2 atom stereocenters. The number of anilines is 1. The highest BCUT2D eigenvalue weighted by molar-refractivity contribution is 5.91. The van der Waals surface area contributed by atoms with Crippen LogP contribution in [0, 0.1) is 5.41 Å². The van der Waals surface area contributed by atoms with Crippen molar-refractivity contribution in [2.24, 2.45) is 11.1 Å². The van der Waals surface area contributed by atoms with E-state index in [1.165, 1.54) is 7.11 Å². The zero-order valence-electron chi connectivity index (χ0n) is 15.0. The molecule has 0 aliphatic rings. The summed E-state index contributed by atoms with van der Waals surface area (Å²) in [5.41, 5.74) is 6.01. The second-order valence-corrected chi connectivity index (χ2v) is 6.63. The molecule has 138 valence electrons. The van der Waals surface area contributed by atoms with E-state index in [2.05, 4.69) is 20.7 Å². The number of hydrogen-bond acceptors (Lipinski definition) is 5. The van der Waals surface area contributed by atoms with Crippen LogP contribution in [0.2, 0.25) is 0 Å². The Kier molecular flexibility index (Phi) is 7.38. The minimum Gasteiger partial charge on any atom is -0.467 e. The van der Waals surface area contributed by atoms with Gasteiger partial charge in [-0.05, 0) is 17.5 Å². The van der Waals surface area contributed by atoms with E-state index in [9.17, 15) is 14.4 Å². The zero-order chi connectivity index (χ0) is 19.0. The second-order valence-electron chi connectivity index (χ2n) is 6.63. The van der Waals surface area contributed by atoms with E-state index in [1.54, 1.807) is 24.3 Å². The number of amides is 3. The van der Waals surface area contributed by atoms with Crippen LogP contribution < -0.4 is 21.7 Å². The quantitative estimate of drug-likeness (QED) is 0.566. The minimum atomic E-state index is -1.03. The van der Waals surface area contributed by atoms with Crippen molar-refractivity contribution in [3.8, 4) is 0 Å². The second kappa shape index (κ2) is 9.03. The maximum atomic E-state index is 12.2. The molecule has 3 amide bonds. The van der Waals surface area contributed by atoms with Gasteiger partial charge in [-0.1, -0.05) is 39.0 Å². The van der Waals surface area contributed by atoms with E-state index in [0.29, 0.717) is 5.69 Å². The van der Waals surface area contributed by atoms with Crippen molar-refractivity contribution in [3.05, 3.63) is 30.3 Å². The van der Waals surface area contributed by atoms with Crippen LogP contribution in [0.15, 0.2) is 30.3 Å². The first kappa shape index (κ1) is 20.4. The average Bonchev–Trinajstić information content (AvgIpc) is 2.57. The molecule has 1 rings (SSSR count). The monoisotopic (exact) mass is 350 g/mol. The highest BCUT2D eigenvalue weighted by Crippen LogP contribution is 2.17. The number of para-hydroxylation sites is 1. The van der Waals surface area contributed by atoms with Crippen molar-refractivity contribution in [2.45, 2.75) is 32.9 Å². The van der Waals surface area contributed by atoms with Crippen molar-refractivity contribution in [3.63, 3.8) is 0 Å². The maximum Gasteiger partial charge on any atom is 0.330 e. The summed E-state index contributed by atoms with van der Waals surface area (Å²) >= 11 is 0. The number of nitrogens with one attached hydrogen (secondary N) is 3. The number of hydrogen-bond donors (Lipinski definition) is 4. The molecule has 1 aromatic rings. The molecule has 0 aliphatic heterocycles. The van der Waals surface area contributed by atoms with Gasteiger partial charge >= 0.3 is 12.0 Å². The smallest absolute Gasteiger partial charge is 0.330 e. The first-order valence-corrected chi connectivity index (χ1v) is 7.89. The molecule has 0 aliphatic carbocycles. The molecular weight excluding hydrogens is 324 g/mol. The summed E-state index contributed by atoms with van der Waals surface area (Å²) in [5.74, 6) is -1.16. The molecule has 0 unspecified atom stereocenters. The Bertz CT molecular complexity index is 598. The Hall–Kier alpha value is -2.61. The normalized spacial score (nSPS) is 13.3. The molecule has 8 heteroatoms. The number of esters is 1. The average molecular weight is 350 g/mol. The highest BCUT2D eigenvalue weighted by atomic mass is 16.5. The molecule has 0 bridgehead atoms. The standard InChI is InChI=1S/C17H26N4O4/c1-17(2,3)13(18)14(22)21-12(15(23)25-4)10-19-16(24)20-11-8-6-5-7-9-11/h5-9,12-13H,10,18H2,1-4H3,(H,21,22)(H2,19,20,24)/t12-,13+/m0/s1. The minimum absolute atomic E-state index is 0.131. The SMILES string of the molecule is COC(=O)[C@H](CNC(=O)Nc1ccccc1)NC(=O)[C@@H](N)C(C)(C)C. The Morgan fingerprint density at radius 3 is 2.28 bits per heavy atom. The maximum absolute atomic E-state index is 12.2. The lowest BCUT2D eigenvalue weighted by molar-refractivity contribution is -0.145. The van der Waals surface area contributed by atoms with Gasteiger partial charge < -0.3 is 26.4 Å². The number of rotatable bonds is 6. The van der Waals surface area contributed by atoms with Crippen LogP contribution in [0.5, 0.6) is 0 Å². The number of benzene rings is 1. The summed E-state index contributed by atoms with van der Waals surface area (Å²) < 4.78 is 4.66. The van der Waals surface area contributed by atoms with E-state index in [4.69, 9.17) is 5.73 Å². The third-order valence-electron chi connectivity index (χ3n) is 3.52. The van der Waals surface area contributed by atoms with Gasteiger partial charge in [0.25, 0.3) is 0 Å². The van der Waals surface area contributed by atoms with Gasteiger partial charge in [-0.25, -0.2) is 9.59 Å². The Morgan fingerprint density at radius 2 is 1.76 bits per heavy atom. The molecular formula is C17H26N4O4. The summed E-state index contributed by atoms with van der Waals surface area (Å²) in [6, 6.07) is 6.48. The van der Waals surface area contributed by atoms with Gasteiger partial charge in [0.05, 0.1) is 19.7 Å². The molecule has 0 radical (unpaired) electrons. The van der Waals surface area contributed by atoms with E-state index in [-0.39, 0.29) is 6.54 Å². The predicted octanol–water partition coefficient (Wildman–Crippen LogP) is 0.839. The van der Waals surface area contributed by atoms with Crippen LogP contribution >= 0.6 is 0 Å². The van der Waals surface area contributed by atoms with Crippen LogP contribution in [0.25, 0.3) is 0 Å². The highest BCUT2D eigenvalue weighted by Gasteiger charge is 2.31. The van der Waals surface area contributed by atoms with Crippen LogP contribution in [0.4, 0.5) is 10.5 Å². The van der Waals surface area contributed by atoms with Gasteiger partial charge in [0, 0.05) is 5.69 Å². The third-order valence-corrected chi connectivity index (χ3v) is 3.52. The molecule has 5 N–H and O–H groups in total. The third kappa shape index (κ3) is 6.80. The van der Waals surface area contributed by atoms with Crippen molar-refractivity contribution >= 4 is 23.6 Å². The summed E-state index contributed by atoms with van der Waals surface area (Å²) in [7, 11) is 1.20. The Morgan fingerprint density at radius 1 is 1.16 bits per heavy atom. The fraction of sp³-hybridized carbons (Fsp3) is 0.471. The van der Waals surface area contributed by atoms with Crippen LogP contribution in [0.3, 0.4) is 0 Å². The fourth-order valence-electron chi connectivity index (χ4n) is 1.88. The summed E-state index contributed by atoms with van der Waals surface area (Å²) in [6.45, 7) is 5.32. The van der Waals surface area contributed by atoms with Crippen LogP contribution in [-0.2, 0) is 14.3 Å². The van der Waals surface area contributed by atoms with Crippen LogP contribution in [0.1, 0.15) is 20.8 Å². The van der Waals surface area contributed by atoms with Crippen molar-refractivity contribution < 1.29 is 19.1 Å². The fourth-order valence-corrected chi connectivity index (χ4v) is 1.88. The van der Waals surface area contributed by atoms with Gasteiger partial charge in [-0.15, -0.1) is 0 Å². The van der Waals surface area contributed by atoms with Crippen molar-refractivity contribution in [1.82, 2.24) is 10.6 Å². The number of methoxy groups -OCH3 is 1. The van der Waals surface area contributed by atoms with Gasteiger partial charge in [-0.3, -0.25) is 4.79 Å². The lowest BCUT2D eigenvalue weighted by atomic mass is 9.87. The van der Waals surface area contributed by atoms with E-state index >= 15 is 0 Å². The van der Waals surface area contributed by atoms with Gasteiger partial charge in [0.15, 0.2) is 0 Å². The number of carbonyl (C=O) groups excluding carboxylic acids is 3. The summed E-state index contributed by atoms with van der Waals surface area (Å²) in [4.78, 5) is 35.9. The van der Waals surface area contributed by atoms with E-state index in [0.717, 1.165) is 0 Å². The predicted molar refractivity (Wildman–Crippen MR) is 94.8 cm³/mol. The molecule has 0 saturated heterocycles. The molecule has 8 nitrogen and oxygen atoms in total. The van der Waals surface area contributed by atoms with Gasteiger partial charge in [0.2, 0.25) is 5.91 Å². The van der Waals surface area contributed by atoms with E-state index in [1.807, 2.05) is 26.8 Å². The zero-order valence-corrected chi connectivity index (χ0v) is 15.0. The molecule has 0 fully saturated rings. The first-order chi connectivity index (χ1) is 11.6. The lowest BCUT2D eigenvalue weighted by Crippen LogP contribution is -2.56. The molecule has 0 spiro atoms. The lowest BCUT2D eigenvalue weighted by Gasteiger charge is -2.27. The van der Waals surface area contributed by atoms with Gasteiger partial charge in [0.1, 0.15) is 6.04 Å². The molecule has 1 aromatic carbocycles. The number of ether oxygens (including phenoxy) is 1. The van der Waals surface area contributed by atoms with Crippen LogP contribution in [-0.4, -0.2) is 43.6 Å². The summed E-state index contributed by atoms with van der Waals surface area (Å²) in [6.07, 6.45) is 0. The number of carbonyl (C=O) groups is 3. The molecule has 0 aromatic heterocycles.